The Morgan fingerprint density at radius 2 is 2.15 bits per heavy atom. The Hall–Kier alpha value is -2.73. The van der Waals surface area contributed by atoms with Crippen LogP contribution in [0.3, 0.4) is 0 Å². The van der Waals surface area contributed by atoms with E-state index < -0.39 is 5.54 Å². The van der Waals surface area contributed by atoms with Crippen LogP contribution in [0, 0.1) is 6.92 Å². The Morgan fingerprint density at radius 3 is 2.89 bits per heavy atom. The minimum absolute atomic E-state index is 0.332. The van der Waals surface area contributed by atoms with Gasteiger partial charge in [-0.1, -0.05) is 6.08 Å². The number of ether oxygens (including phenoxy) is 2. The van der Waals surface area contributed by atoms with E-state index in [1.807, 2.05) is 44.2 Å². The van der Waals surface area contributed by atoms with E-state index in [2.05, 4.69) is 11.0 Å². The Morgan fingerprint density at radius 1 is 1.30 bits per heavy atom. The third kappa shape index (κ3) is 3.21. The highest BCUT2D eigenvalue weighted by Crippen LogP contribution is 2.32. The van der Waals surface area contributed by atoms with Gasteiger partial charge in [0, 0.05) is 30.7 Å². The molecule has 2 aromatic rings. The lowest BCUT2D eigenvalue weighted by Gasteiger charge is -2.41. The number of furan rings is 1. The van der Waals surface area contributed by atoms with Gasteiger partial charge in [-0.3, -0.25) is 4.79 Å². The molecule has 1 atom stereocenters. The summed E-state index contributed by atoms with van der Waals surface area (Å²) in [5.74, 6) is 1.33. The minimum Gasteiger partial charge on any atom is -0.489 e. The Balaban J connectivity index is 1.48. The molecule has 3 heterocycles. The maximum absolute atomic E-state index is 12.2. The number of hydrogen-bond acceptors (Lipinski definition) is 5. The molecule has 2 aliphatic rings. The third-order valence-corrected chi connectivity index (χ3v) is 5.36. The average molecular weight is 368 g/mol. The molecule has 1 aromatic carbocycles. The van der Waals surface area contributed by atoms with E-state index in [-0.39, 0.29) is 5.91 Å². The predicted octanol–water partition coefficient (Wildman–Crippen LogP) is 2.91. The van der Waals surface area contributed by atoms with Crippen LogP contribution in [-0.2, 0) is 9.53 Å². The fourth-order valence-electron chi connectivity index (χ4n) is 3.81. The standard InChI is InChI=1S/C21H24N2O4/c1-14-3-4-16(11-23(14)21(20(22)24)7-8-25-13-21)12-26-18-5-6-19-17(10-18)9-15(2)27-19/h3-6,9-10H,7-8,11-13H2,1-2H3,(H2,22,24). The Bertz CT molecular complexity index is 935. The van der Waals surface area contributed by atoms with Gasteiger partial charge >= 0.3 is 0 Å². The molecule has 27 heavy (non-hydrogen) atoms. The number of hydrogen-bond donors (Lipinski definition) is 1. The highest BCUT2D eigenvalue weighted by atomic mass is 16.5. The van der Waals surface area contributed by atoms with Crippen molar-refractivity contribution in [3.8, 4) is 5.75 Å². The molecule has 0 spiro atoms. The second-order valence-corrected chi connectivity index (χ2v) is 7.26. The van der Waals surface area contributed by atoms with Crippen molar-refractivity contribution in [1.29, 1.82) is 0 Å². The molecule has 2 N–H and O–H groups in total. The molecule has 2 aliphatic heterocycles. The van der Waals surface area contributed by atoms with E-state index in [1.165, 1.54) is 0 Å². The zero-order valence-electron chi connectivity index (χ0n) is 15.7. The summed E-state index contributed by atoms with van der Waals surface area (Å²) >= 11 is 0. The van der Waals surface area contributed by atoms with Crippen LogP contribution in [0.15, 0.2) is 52.1 Å². The lowest BCUT2D eigenvalue weighted by molar-refractivity contribution is -0.129. The first kappa shape index (κ1) is 17.7. The molecular weight excluding hydrogens is 344 g/mol. The SMILES string of the molecule is CC1=CC=C(COc2ccc3oc(C)cc3c2)CN1C1(C(N)=O)CCOC1. The average Bonchev–Trinajstić information content (AvgIpc) is 3.27. The monoisotopic (exact) mass is 368 g/mol. The number of nitrogens with two attached hydrogens (primary N) is 1. The van der Waals surface area contributed by atoms with E-state index >= 15 is 0 Å². The predicted molar refractivity (Wildman–Crippen MR) is 102 cm³/mol. The molecule has 1 unspecified atom stereocenters. The van der Waals surface area contributed by atoms with Gasteiger partial charge in [0.1, 0.15) is 29.2 Å². The molecule has 4 rings (SSSR count). The number of primary amides is 1. The highest BCUT2D eigenvalue weighted by molar-refractivity contribution is 5.85. The van der Waals surface area contributed by atoms with Crippen molar-refractivity contribution in [2.24, 2.45) is 5.73 Å². The molecule has 1 fully saturated rings. The van der Waals surface area contributed by atoms with Gasteiger partial charge in [0.15, 0.2) is 0 Å². The molecule has 1 amide bonds. The van der Waals surface area contributed by atoms with Gasteiger partial charge < -0.3 is 24.5 Å². The number of amides is 1. The molecule has 6 heteroatoms. The van der Waals surface area contributed by atoms with Crippen LogP contribution in [0.5, 0.6) is 5.75 Å². The van der Waals surface area contributed by atoms with Gasteiger partial charge in [-0.05, 0) is 49.8 Å². The van der Waals surface area contributed by atoms with Crippen LogP contribution < -0.4 is 10.5 Å². The number of carbonyl (C=O) groups excluding carboxylic acids is 1. The summed E-state index contributed by atoms with van der Waals surface area (Å²) in [6.07, 6.45) is 4.67. The first-order valence-electron chi connectivity index (χ1n) is 9.12. The summed E-state index contributed by atoms with van der Waals surface area (Å²) in [6, 6.07) is 7.79. The molecule has 1 aromatic heterocycles. The molecule has 0 aliphatic carbocycles. The summed E-state index contributed by atoms with van der Waals surface area (Å²) in [4.78, 5) is 14.3. The first-order chi connectivity index (χ1) is 13.0. The number of carbonyl (C=O) groups is 1. The maximum atomic E-state index is 12.2. The second-order valence-electron chi connectivity index (χ2n) is 7.26. The smallest absolute Gasteiger partial charge is 0.245 e. The van der Waals surface area contributed by atoms with Crippen LogP contribution in [0.4, 0.5) is 0 Å². The lowest BCUT2D eigenvalue weighted by Crippen LogP contribution is -2.58. The number of aryl methyl sites for hydroxylation is 1. The van der Waals surface area contributed by atoms with Crippen LogP contribution in [-0.4, -0.2) is 42.7 Å². The molecule has 1 saturated heterocycles. The second kappa shape index (κ2) is 6.78. The number of nitrogens with zero attached hydrogens (tertiary/aromatic N) is 1. The number of allylic oxidation sites excluding steroid dienone is 3. The first-order valence-corrected chi connectivity index (χ1v) is 9.12. The van der Waals surface area contributed by atoms with Crippen molar-refractivity contribution in [3.05, 3.63) is 53.4 Å². The molecule has 0 saturated carbocycles. The van der Waals surface area contributed by atoms with E-state index in [4.69, 9.17) is 19.6 Å². The summed E-state index contributed by atoms with van der Waals surface area (Å²) in [6.45, 7) is 5.84. The topological polar surface area (TPSA) is 77.9 Å². The van der Waals surface area contributed by atoms with E-state index in [0.717, 1.165) is 33.7 Å². The molecule has 0 radical (unpaired) electrons. The van der Waals surface area contributed by atoms with Crippen LogP contribution >= 0.6 is 0 Å². The third-order valence-electron chi connectivity index (χ3n) is 5.36. The van der Waals surface area contributed by atoms with E-state index in [0.29, 0.717) is 32.8 Å². The van der Waals surface area contributed by atoms with Gasteiger partial charge in [0.05, 0.1) is 6.61 Å². The van der Waals surface area contributed by atoms with Gasteiger partial charge in [0.2, 0.25) is 5.91 Å². The largest absolute Gasteiger partial charge is 0.489 e. The van der Waals surface area contributed by atoms with Crippen LogP contribution in [0.2, 0.25) is 0 Å². The zero-order valence-corrected chi connectivity index (χ0v) is 15.7. The van der Waals surface area contributed by atoms with Crippen molar-refractivity contribution >= 4 is 16.9 Å². The van der Waals surface area contributed by atoms with Crippen LogP contribution in [0.1, 0.15) is 19.1 Å². The zero-order chi connectivity index (χ0) is 19.0. The number of benzene rings is 1. The number of rotatable bonds is 5. The van der Waals surface area contributed by atoms with Crippen molar-refractivity contribution in [3.63, 3.8) is 0 Å². The summed E-state index contributed by atoms with van der Waals surface area (Å²) in [7, 11) is 0. The molecule has 0 bridgehead atoms. The summed E-state index contributed by atoms with van der Waals surface area (Å²) < 4.78 is 17.1. The van der Waals surface area contributed by atoms with Crippen molar-refractivity contribution in [1.82, 2.24) is 4.90 Å². The van der Waals surface area contributed by atoms with E-state index in [1.54, 1.807) is 0 Å². The van der Waals surface area contributed by atoms with Gasteiger partial charge in [0.25, 0.3) is 0 Å². The van der Waals surface area contributed by atoms with Gasteiger partial charge in [-0.25, -0.2) is 0 Å². The normalized spacial score (nSPS) is 22.7. The van der Waals surface area contributed by atoms with Crippen molar-refractivity contribution in [2.75, 3.05) is 26.4 Å². The molecular formula is C21H24N2O4. The van der Waals surface area contributed by atoms with Crippen molar-refractivity contribution in [2.45, 2.75) is 25.8 Å². The molecule has 6 nitrogen and oxygen atoms in total. The highest BCUT2D eigenvalue weighted by Gasteiger charge is 2.46. The minimum atomic E-state index is -0.771. The number of fused-ring (bicyclic) bond motifs is 1. The van der Waals surface area contributed by atoms with Crippen molar-refractivity contribution < 1.29 is 18.7 Å². The fourth-order valence-corrected chi connectivity index (χ4v) is 3.81. The van der Waals surface area contributed by atoms with E-state index in [9.17, 15) is 4.79 Å². The Kier molecular flexibility index (Phi) is 4.44. The van der Waals surface area contributed by atoms with Gasteiger partial charge in [-0.15, -0.1) is 0 Å². The van der Waals surface area contributed by atoms with Gasteiger partial charge in [-0.2, -0.15) is 0 Å². The summed E-state index contributed by atoms with van der Waals surface area (Å²) in [5.41, 5.74) is 7.92. The Labute approximate surface area is 158 Å². The lowest BCUT2D eigenvalue weighted by atomic mass is 9.92. The van der Waals surface area contributed by atoms with Crippen LogP contribution in [0.25, 0.3) is 11.0 Å². The molecule has 142 valence electrons. The maximum Gasteiger partial charge on any atom is 0.245 e. The fraction of sp³-hybridized carbons (Fsp3) is 0.381. The quantitative estimate of drug-likeness (QED) is 0.878. The summed E-state index contributed by atoms with van der Waals surface area (Å²) in [5, 5.41) is 1.02.